The van der Waals surface area contributed by atoms with Crippen molar-refractivity contribution in [3.63, 3.8) is 0 Å². The summed E-state index contributed by atoms with van der Waals surface area (Å²) >= 11 is 0. The molecule has 1 saturated heterocycles. The second kappa shape index (κ2) is 6.51. The van der Waals surface area contributed by atoms with Gasteiger partial charge in [-0.15, -0.1) is 0 Å². The van der Waals surface area contributed by atoms with Crippen LogP contribution in [0, 0.1) is 11.6 Å². The highest BCUT2D eigenvalue weighted by Gasteiger charge is 2.24. The van der Waals surface area contributed by atoms with Crippen LogP contribution in [0.15, 0.2) is 18.2 Å². The molecule has 0 unspecified atom stereocenters. The number of halogens is 2. The topological polar surface area (TPSA) is 52.7 Å². The Balaban J connectivity index is 1.97. The van der Waals surface area contributed by atoms with Gasteiger partial charge in [0.25, 0.3) is 5.91 Å². The van der Waals surface area contributed by atoms with Gasteiger partial charge in [0.15, 0.2) is 11.6 Å². The van der Waals surface area contributed by atoms with E-state index in [9.17, 15) is 18.4 Å². The predicted molar refractivity (Wildman–Crippen MR) is 72.9 cm³/mol. The number of carbonyl (C=O) groups excluding carboxylic acids is 2. The van der Waals surface area contributed by atoms with Crippen molar-refractivity contribution < 1.29 is 18.4 Å². The normalized spacial score (nSPS) is 15.0. The van der Waals surface area contributed by atoms with Gasteiger partial charge in [-0.1, -0.05) is 0 Å². The molecule has 1 heterocycles. The molecule has 1 fully saturated rings. The number of nitrogens with one attached hydrogen (secondary N) is 1. The van der Waals surface area contributed by atoms with E-state index in [-0.39, 0.29) is 17.5 Å². The lowest BCUT2D eigenvalue weighted by atomic mass is 10.1. The number of rotatable bonds is 2. The molecule has 3 amide bonds. The quantitative estimate of drug-likeness (QED) is 0.898. The highest BCUT2D eigenvalue weighted by Crippen LogP contribution is 2.13. The summed E-state index contributed by atoms with van der Waals surface area (Å²) in [6.07, 6.45) is 0. The van der Waals surface area contributed by atoms with Crippen LogP contribution in [-0.4, -0.2) is 54.5 Å². The number of urea groups is 1. The molecule has 1 N–H and O–H groups in total. The van der Waals surface area contributed by atoms with E-state index in [1.807, 2.05) is 6.92 Å². The molecule has 1 aromatic carbocycles. The van der Waals surface area contributed by atoms with Crippen LogP contribution >= 0.6 is 0 Å². The minimum atomic E-state index is -1.04. The third-order valence-electron chi connectivity index (χ3n) is 3.35. The molecule has 1 aromatic rings. The largest absolute Gasteiger partial charge is 0.338 e. The van der Waals surface area contributed by atoms with Crippen LogP contribution in [0.1, 0.15) is 17.3 Å². The van der Waals surface area contributed by atoms with E-state index in [0.717, 1.165) is 12.1 Å². The highest BCUT2D eigenvalue weighted by atomic mass is 19.2. The maximum atomic E-state index is 13.2. The minimum absolute atomic E-state index is 0.111. The van der Waals surface area contributed by atoms with Gasteiger partial charge in [0, 0.05) is 38.3 Å². The zero-order chi connectivity index (χ0) is 15.4. The van der Waals surface area contributed by atoms with E-state index in [4.69, 9.17) is 0 Å². The molecule has 0 aromatic heterocycles. The van der Waals surface area contributed by atoms with Crippen LogP contribution in [0.25, 0.3) is 0 Å². The second-order valence-corrected chi connectivity index (χ2v) is 4.74. The molecular weight excluding hydrogens is 280 g/mol. The first kappa shape index (κ1) is 15.2. The van der Waals surface area contributed by atoms with E-state index in [2.05, 4.69) is 5.32 Å². The average molecular weight is 297 g/mol. The van der Waals surface area contributed by atoms with Crippen LogP contribution in [0.4, 0.5) is 13.6 Å². The van der Waals surface area contributed by atoms with E-state index >= 15 is 0 Å². The summed E-state index contributed by atoms with van der Waals surface area (Å²) in [5.41, 5.74) is 0.111. The van der Waals surface area contributed by atoms with Crippen molar-refractivity contribution in [2.75, 3.05) is 32.7 Å². The SMILES string of the molecule is CCNC(=O)N1CCN(C(=O)c2ccc(F)c(F)c2)CC1. The lowest BCUT2D eigenvalue weighted by molar-refractivity contribution is 0.0664. The van der Waals surface area contributed by atoms with Gasteiger partial charge in [-0.2, -0.15) is 0 Å². The fourth-order valence-corrected chi connectivity index (χ4v) is 2.19. The molecule has 0 radical (unpaired) electrons. The Hall–Kier alpha value is -2.18. The molecule has 114 valence electrons. The number of hydrogen-bond acceptors (Lipinski definition) is 2. The third-order valence-corrected chi connectivity index (χ3v) is 3.35. The first-order chi connectivity index (χ1) is 10.0. The maximum absolute atomic E-state index is 13.2. The fraction of sp³-hybridized carbons (Fsp3) is 0.429. The van der Waals surface area contributed by atoms with Gasteiger partial charge in [0.2, 0.25) is 0 Å². The molecular formula is C14H17F2N3O2. The molecule has 0 bridgehead atoms. The molecule has 7 heteroatoms. The number of hydrogen-bond donors (Lipinski definition) is 1. The van der Waals surface area contributed by atoms with Crippen molar-refractivity contribution in [1.82, 2.24) is 15.1 Å². The van der Waals surface area contributed by atoms with E-state index < -0.39 is 11.6 Å². The Morgan fingerprint density at radius 3 is 2.29 bits per heavy atom. The standard InChI is InChI=1S/C14H17F2N3O2/c1-2-17-14(21)19-7-5-18(6-8-19)13(20)10-3-4-11(15)12(16)9-10/h3-4,9H,2,5-8H2,1H3,(H,17,21). The van der Waals surface area contributed by atoms with E-state index in [1.165, 1.54) is 11.0 Å². The Labute approximate surface area is 121 Å². The summed E-state index contributed by atoms with van der Waals surface area (Å²) < 4.78 is 26.0. The summed E-state index contributed by atoms with van der Waals surface area (Å²) in [6, 6.07) is 2.94. The molecule has 2 rings (SSSR count). The first-order valence-corrected chi connectivity index (χ1v) is 6.80. The second-order valence-electron chi connectivity index (χ2n) is 4.74. The molecule has 1 aliphatic heterocycles. The van der Waals surface area contributed by atoms with Crippen molar-refractivity contribution >= 4 is 11.9 Å². The van der Waals surface area contributed by atoms with Crippen molar-refractivity contribution in [2.45, 2.75) is 6.92 Å². The fourth-order valence-electron chi connectivity index (χ4n) is 2.19. The van der Waals surface area contributed by atoms with Crippen molar-refractivity contribution in [3.8, 4) is 0 Å². The van der Waals surface area contributed by atoms with Gasteiger partial charge in [0.05, 0.1) is 0 Å². The van der Waals surface area contributed by atoms with Crippen LogP contribution in [0.2, 0.25) is 0 Å². The molecule has 1 aliphatic rings. The molecule has 21 heavy (non-hydrogen) atoms. The molecule has 0 atom stereocenters. The van der Waals surface area contributed by atoms with Crippen LogP contribution in [0.5, 0.6) is 0 Å². The van der Waals surface area contributed by atoms with Crippen molar-refractivity contribution in [1.29, 1.82) is 0 Å². The number of nitrogens with zero attached hydrogens (tertiary/aromatic N) is 2. The van der Waals surface area contributed by atoms with Gasteiger partial charge in [0.1, 0.15) is 0 Å². The number of amides is 3. The lowest BCUT2D eigenvalue weighted by Crippen LogP contribution is -2.53. The lowest BCUT2D eigenvalue weighted by Gasteiger charge is -2.34. The van der Waals surface area contributed by atoms with Gasteiger partial charge < -0.3 is 15.1 Å². The highest BCUT2D eigenvalue weighted by molar-refractivity contribution is 5.94. The predicted octanol–water partition coefficient (Wildman–Crippen LogP) is 1.45. The molecule has 0 saturated carbocycles. The number of piperazine rings is 1. The van der Waals surface area contributed by atoms with Gasteiger partial charge in [-0.05, 0) is 25.1 Å². The van der Waals surface area contributed by atoms with Crippen LogP contribution < -0.4 is 5.32 Å². The first-order valence-electron chi connectivity index (χ1n) is 6.80. The zero-order valence-corrected chi connectivity index (χ0v) is 11.7. The molecule has 0 aliphatic carbocycles. The molecule has 5 nitrogen and oxygen atoms in total. The maximum Gasteiger partial charge on any atom is 0.317 e. The Bertz CT molecular complexity index is 543. The Morgan fingerprint density at radius 2 is 1.71 bits per heavy atom. The Morgan fingerprint density at radius 1 is 1.10 bits per heavy atom. The third kappa shape index (κ3) is 3.48. The van der Waals surface area contributed by atoms with E-state index in [1.54, 1.807) is 4.90 Å². The van der Waals surface area contributed by atoms with Crippen molar-refractivity contribution in [3.05, 3.63) is 35.4 Å². The van der Waals surface area contributed by atoms with Crippen LogP contribution in [0.3, 0.4) is 0 Å². The zero-order valence-electron chi connectivity index (χ0n) is 11.7. The smallest absolute Gasteiger partial charge is 0.317 e. The summed E-state index contributed by atoms with van der Waals surface area (Å²) in [5.74, 6) is -2.38. The van der Waals surface area contributed by atoms with Gasteiger partial charge >= 0.3 is 6.03 Å². The average Bonchev–Trinajstić information content (AvgIpc) is 2.50. The Kier molecular flexibility index (Phi) is 4.72. The summed E-state index contributed by atoms with van der Waals surface area (Å²) in [4.78, 5) is 27.0. The number of carbonyl (C=O) groups is 2. The van der Waals surface area contributed by atoms with E-state index in [0.29, 0.717) is 32.7 Å². The monoisotopic (exact) mass is 297 g/mol. The summed E-state index contributed by atoms with van der Waals surface area (Å²) in [7, 11) is 0. The summed E-state index contributed by atoms with van der Waals surface area (Å²) in [5, 5.41) is 2.70. The van der Waals surface area contributed by atoms with Crippen molar-refractivity contribution in [2.24, 2.45) is 0 Å². The molecule has 0 spiro atoms. The number of benzene rings is 1. The van der Waals surface area contributed by atoms with Crippen LogP contribution in [-0.2, 0) is 0 Å². The minimum Gasteiger partial charge on any atom is -0.338 e. The summed E-state index contributed by atoms with van der Waals surface area (Å²) in [6.45, 7) is 3.96. The van der Waals surface area contributed by atoms with Gasteiger partial charge in [-0.25, -0.2) is 13.6 Å². The van der Waals surface area contributed by atoms with Gasteiger partial charge in [-0.3, -0.25) is 4.79 Å².